The zero-order valence-electron chi connectivity index (χ0n) is 10.7. The molecule has 1 heterocycles. The van der Waals surface area contributed by atoms with Gasteiger partial charge in [0.15, 0.2) is 0 Å². The summed E-state index contributed by atoms with van der Waals surface area (Å²) in [5, 5.41) is 7.28. The SMILES string of the molecule is CC1OCCC1(C)NCCNC1CCCC1. The van der Waals surface area contributed by atoms with Crippen LogP contribution in [0.15, 0.2) is 0 Å². The van der Waals surface area contributed by atoms with Crippen LogP contribution in [0, 0.1) is 0 Å². The van der Waals surface area contributed by atoms with Crippen molar-refractivity contribution in [3.63, 3.8) is 0 Å². The van der Waals surface area contributed by atoms with Crippen LogP contribution in [0.2, 0.25) is 0 Å². The van der Waals surface area contributed by atoms with E-state index in [0.29, 0.717) is 6.10 Å². The van der Waals surface area contributed by atoms with Gasteiger partial charge in [-0.15, -0.1) is 0 Å². The van der Waals surface area contributed by atoms with Crippen molar-refractivity contribution in [3.8, 4) is 0 Å². The Kier molecular flexibility index (Phi) is 4.22. The van der Waals surface area contributed by atoms with Gasteiger partial charge in [0, 0.05) is 31.3 Å². The van der Waals surface area contributed by atoms with Gasteiger partial charge in [-0.1, -0.05) is 12.8 Å². The van der Waals surface area contributed by atoms with E-state index in [4.69, 9.17) is 4.74 Å². The summed E-state index contributed by atoms with van der Waals surface area (Å²) in [7, 11) is 0. The molecule has 2 atom stereocenters. The van der Waals surface area contributed by atoms with E-state index in [1.165, 1.54) is 25.7 Å². The molecule has 2 N–H and O–H groups in total. The number of hydrogen-bond donors (Lipinski definition) is 2. The molecule has 0 amide bonds. The van der Waals surface area contributed by atoms with E-state index in [0.717, 1.165) is 32.2 Å². The van der Waals surface area contributed by atoms with Crippen molar-refractivity contribution in [3.05, 3.63) is 0 Å². The van der Waals surface area contributed by atoms with Gasteiger partial charge in [-0.2, -0.15) is 0 Å². The summed E-state index contributed by atoms with van der Waals surface area (Å²) < 4.78 is 5.62. The maximum absolute atomic E-state index is 5.62. The first kappa shape index (κ1) is 12.3. The van der Waals surface area contributed by atoms with Gasteiger partial charge < -0.3 is 15.4 Å². The largest absolute Gasteiger partial charge is 0.377 e. The maximum Gasteiger partial charge on any atom is 0.0726 e. The lowest BCUT2D eigenvalue weighted by Gasteiger charge is -2.29. The minimum absolute atomic E-state index is 0.192. The van der Waals surface area contributed by atoms with Crippen molar-refractivity contribution in [2.45, 2.75) is 63.6 Å². The average molecular weight is 226 g/mol. The lowest BCUT2D eigenvalue weighted by Crippen LogP contribution is -2.50. The second kappa shape index (κ2) is 5.48. The first-order chi connectivity index (χ1) is 7.71. The third kappa shape index (κ3) is 2.96. The number of hydrogen-bond acceptors (Lipinski definition) is 3. The Bertz CT molecular complexity index is 216. The Morgan fingerprint density at radius 2 is 2.00 bits per heavy atom. The van der Waals surface area contributed by atoms with Gasteiger partial charge in [-0.05, 0) is 33.1 Å². The van der Waals surface area contributed by atoms with Crippen LogP contribution in [0.4, 0.5) is 0 Å². The zero-order chi connectivity index (χ0) is 11.4. The summed E-state index contributed by atoms with van der Waals surface area (Å²) in [5.74, 6) is 0. The van der Waals surface area contributed by atoms with Crippen LogP contribution in [-0.2, 0) is 4.74 Å². The van der Waals surface area contributed by atoms with E-state index in [-0.39, 0.29) is 5.54 Å². The molecule has 0 spiro atoms. The van der Waals surface area contributed by atoms with Crippen LogP contribution < -0.4 is 10.6 Å². The fourth-order valence-electron chi connectivity index (χ4n) is 2.82. The van der Waals surface area contributed by atoms with Gasteiger partial charge in [0.1, 0.15) is 0 Å². The zero-order valence-corrected chi connectivity index (χ0v) is 10.7. The molecule has 2 unspecified atom stereocenters. The molecule has 0 radical (unpaired) electrons. The molecule has 94 valence electrons. The molecule has 0 aromatic carbocycles. The Hall–Kier alpha value is -0.120. The fraction of sp³-hybridized carbons (Fsp3) is 1.00. The molecular weight excluding hydrogens is 200 g/mol. The normalized spacial score (nSPS) is 36.0. The smallest absolute Gasteiger partial charge is 0.0726 e. The first-order valence-electron chi connectivity index (χ1n) is 6.81. The molecule has 1 saturated carbocycles. The van der Waals surface area contributed by atoms with Crippen molar-refractivity contribution in [2.75, 3.05) is 19.7 Å². The molecule has 1 aliphatic carbocycles. The van der Waals surface area contributed by atoms with Crippen molar-refractivity contribution >= 4 is 0 Å². The highest BCUT2D eigenvalue weighted by molar-refractivity contribution is 4.93. The molecular formula is C13H26N2O. The molecule has 0 aromatic heterocycles. The lowest BCUT2D eigenvalue weighted by atomic mass is 9.95. The van der Waals surface area contributed by atoms with Crippen LogP contribution in [-0.4, -0.2) is 37.4 Å². The summed E-state index contributed by atoms with van der Waals surface area (Å²) in [6, 6.07) is 0.784. The molecule has 2 aliphatic rings. The minimum Gasteiger partial charge on any atom is -0.377 e. The third-order valence-corrected chi connectivity index (χ3v) is 4.33. The predicted octanol–water partition coefficient (Wildman–Crippen LogP) is 1.68. The molecule has 2 fully saturated rings. The van der Waals surface area contributed by atoms with Crippen molar-refractivity contribution in [1.82, 2.24) is 10.6 Å². The second-order valence-electron chi connectivity index (χ2n) is 5.54. The lowest BCUT2D eigenvalue weighted by molar-refractivity contribution is 0.0888. The fourth-order valence-corrected chi connectivity index (χ4v) is 2.82. The monoisotopic (exact) mass is 226 g/mol. The first-order valence-corrected chi connectivity index (χ1v) is 6.81. The molecule has 0 bridgehead atoms. The summed E-state index contributed by atoms with van der Waals surface area (Å²) >= 11 is 0. The molecule has 1 saturated heterocycles. The summed E-state index contributed by atoms with van der Waals surface area (Å²) in [6.45, 7) is 7.50. The Morgan fingerprint density at radius 3 is 2.62 bits per heavy atom. The topological polar surface area (TPSA) is 33.3 Å². The third-order valence-electron chi connectivity index (χ3n) is 4.33. The molecule has 2 rings (SSSR count). The van der Waals surface area contributed by atoms with Crippen molar-refractivity contribution in [1.29, 1.82) is 0 Å². The predicted molar refractivity (Wildman–Crippen MR) is 66.7 cm³/mol. The van der Waals surface area contributed by atoms with Crippen LogP contribution in [0.5, 0.6) is 0 Å². The van der Waals surface area contributed by atoms with Gasteiger partial charge in [0.2, 0.25) is 0 Å². The van der Waals surface area contributed by atoms with Gasteiger partial charge in [0.25, 0.3) is 0 Å². The summed E-state index contributed by atoms with van der Waals surface area (Å²) in [5.41, 5.74) is 0.192. The van der Waals surface area contributed by atoms with Gasteiger partial charge in [-0.25, -0.2) is 0 Å². The van der Waals surface area contributed by atoms with E-state index in [1.807, 2.05) is 0 Å². The molecule has 16 heavy (non-hydrogen) atoms. The van der Waals surface area contributed by atoms with Crippen LogP contribution in [0.25, 0.3) is 0 Å². The maximum atomic E-state index is 5.62. The molecule has 1 aliphatic heterocycles. The molecule has 0 aromatic rings. The number of rotatable bonds is 5. The Morgan fingerprint density at radius 1 is 1.25 bits per heavy atom. The van der Waals surface area contributed by atoms with Crippen molar-refractivity contribution in [2.24, 2.45) is 0 Å². The van der Waals surface area contributed by atoms with Gasteiger partial charge in [-0.3, -0.25) is 0 Å². The van der Waals surface area contributed by atoms with Crippen LogP contribution in [0.1, 0.15) is 46.0 Å². The van der Waals surface area contributed by atoms with Gasteiger partial charge in [0.05, 0.1) is 6.10 Å². The van der Waals surface area contributed by atoms with Crippen LogP contribution in [0.3, 0.4) is 0 Å². The number of ether oxygens (including phenoxy) is 1. The average Bonchev–Trinajstić information content (AvgIpc) is 2.86. The highest BCUT2D eigenvalue weighted by Gasteiger charge is 2.36. The minimum atomic E-state index is 0.192. The molecule has 3 nitrogen and oxygen atoms in total. The van der Waals surface area contributed by atoms with Crippen molar-refractivity contribution < 1.29 is 4.74 Å². The second-order valence-corrected chi connectivity index (χ2v) is 5.54. The van der Waals surface area contributed by atoms with E-state index in [2.05, 4.69) is 24.5 Å². The highest BCUT2D eigenvalue weighted by atomic mass is 16.5. The van der Waals surface area contributed by atoms with Gasteiger partial charge >= 0.3 is 0 Å². The summed E-state index contributed by atoms with van der Waals surface area (Å²) in [4.78, 5) is 0. The summed E-state index contributed by atoms with van der Waals surface area (Å²) in [6.07, 6.45) is 7.05. The number of nitrogens with one attached hydrogen (secondary N) is 2. The van der Waals surface area contributed by atoms with E-state index in [1.54, 1.807) is 0 Å². The van der Waals surface area contributed by atoms with E-state index in [9.17, 15) is 0 Å². The Labute approximate surface area is 99.3 Å². The quantitative estimate of drug-likeness (QED) is 0.700. The Balaban J connectivity index is 1.60. The highest BCUT2D eigenvalue weighted by Crippen LogP contribution is 2.24. The standard InChI is InChI=1S/C13H26N2O/c1-11-13(2,7-10-16-11)15-9-8-14-12-5-3-4-6-12/h11-12,14-15H,3-10H2,1-2H3. The van der Waals surface area contributed by atoms with E-state index < -0.39 is 0 Å². The molecule has 3 heteroatoms. The van der Waals surface area contributed by atoms with E-state index >= 15 is 0 Å². The van der Waals surface area contributed by atoms with Crippen LogP contribution >= 0.6 is 0 Å².